The fourth-order valence-electron chi connectivity index (χ4n) is 2.25. The molecule has 1 aliphatic heterocycles. The predicted octanol–water partition coefficient (Wildman–Crippen LogP) is 2.15. The lowest BCUT2D eigenvalue weighted by Gasteiger charge is -2.37. The fourth-order valence-corrected chi connectivity index (χ4v) is 2.25. The number of nitrogens with zero attached hydrogens (tertiary/aromatic N) is 2. The largest absolute Gasteiger partial charge is 0.384 e. The van der Waals surface area contributed by atoms with Gasteiger partial charge in [0.15, 0.2) is 0 Å². The number of hydrogen-bond acceptors (Lipinski definition) is 4. The van der Waals surface area contributed by atoms with Crippen molar-refractivity contribution in [3.8, 4) is 0 Å². The van der Waals surface area contributed by atoms with Gasteiger partial charge in [-0.1, -0.05) is 6.92 Å². The summed E-state index contributed by atoms with van der Waals surface area (Å²) in [5.41, 5.74) is 1.16. The van der Waals surface area contributed by atoms with Crippen molar-refractivity contribution in [3.05, 3.63) is 24.0 Å². The molecule has 1 fully saturated rings. The molecule has 1 aromatic rings. The third-order valence-corrected chi connectivity index (χ3v) is 3.27. The molecule has 0 aromatic carbocycles. The normalized spacial score (nSPS) is 17.9. The Morgan fingerprint density at radius 1 is 1.50 bits per heavy atom. The number of ether oxygens (including phenoxy) is 1. The minimum Gasteiger partial charge on any atom is -0.384 e. The van der Waals surface area contributed by atoms with E-state index < -0.39 is 0 Å². The molecule has 1 saturated heterocycles. The third kappa shape index (κ3) is 3.70. The van der Waals surface area contributed by atoms with Crippen molar-refractivity contribution >= 4 is 11.6 Å². The molecular weight excluding hydrogens is 254 g/mol. The van der Waals surface area contributed by atoms with Crippen LogP contribution >= 0.6 is 0 Å². The van der Waals surface area contributed by atoms with Crippen LogP contribution in [0.1, 0.15) is 37.7 Å². The molecule has 0 unspecified atom stereocenters. The molecule has 5 nitrogen and oxygen atoms in total. The van der Waals surface area contributed by atoms with Crippen LogP contribution in [0, 0.1) is 0 Å². The molecule has 2 rings (SSSR count). The van der Waals surface area contributed by atoms with Gasteiger partial charge >= 0.3 is 0 Å². The number of hydrogen-bond donors (Lipinski definition) is 1. The average molecular weight is 277 g/mol. The fraction of sp³-hybridized carbons (Fsp3) is 0.600. The molecule has 1 N–H and O–H groups in total. The van der Waals surface area contributed by atoms with Gasteiger partial charge in [-0.25, -0.2) is 4.98 Å². The van der Waals surface area contributed by atoms with Crippen LogP contribution in [-0.4, -0.2) is 47.6 Å². The molecule has 1 aromatic heterocycles. The maximum absolute atomic E-state index is 12.4. The second-order valence-corrected chi connectivity index (χ2v) is 5.69. The van der Waals surface area contributed by atoms with Gasteiger partial charge in [-0.05, 0) is 32.4 Å². The van der Waals surface area contributed by atoms with Crippen LogP contribution in [0.15, 0.2) is 18.3 Å². The van der Waals surface area contributed by atoms with Crippen molar-refractivity contribution in [2.75, 3.05) is 31.6 Å². The number of pyridine rings is 1. The lowest BCUT2D eigenvalue weighted by molar-refractivity contribution is -0.0765. The Hall–Kier alpha value is -1.62. The molecule has 1 amide bonds. The van der Waals surface area contributed by atoms with Crippen LogP contribution < -0.4 is 5.32 Å². The van der Waals surface area contributed by atoms with Crippen LogP contribution in [0.4, 0.5) is 5.69 Å². The predicted molar refractivity (Wildman–Crippen MR) is 79.0 cm³/mol. The second kappa shape index (κ2) is 6.22. The minimum atomic E-state index is -0.281. The van der Waals surface area contributed by atoms with Gasteiger partial charge < -0.3 is 15.0 Å². The highest BCUT2D eigenvalue weighted by Crippen LogP contribution is 2.18. The van der Waals surface area contributed by atoms with Crippen molar-refractivity contribution < 1.29 is 9.53 Å². The van der Waals surface area contributed by atoms with Crippen LogP contribution in [0.25, 0.3) is 0 Å². The Labute approximate surface area is 120 Å². The van der Waals surface area contributed by atoms with E-state index in [1.54, 1.807) is 12.3 Å². The molecule has 0 aliphatic carbocycles. The highest BCUT2D eigenvalue weighted by molar-refractivity contribution is 5.92. The first-order chi connectivity index (χ1) is 9.52. The molecule has 0 saturated carbocycles. The first-order valence-corrected chi connectivity index (χ1v) is 7.15. The summed E-state index contributed by atoms with van der Waals surface area (Å²) in [7, 11) is 0. The van der Waals surface area contributed by atoms with Crippen LogP contribution in [0.5, 0.6) is 0 Å². The first-order valence-electron chi connectivity index (χ1n) is 7.15. The van der Waals surface area contributed by atoms with E-state index in [0.29, 0.717) is 25.4 Å². The summed E-state index contributed by atoms with van der Waals surface area (Å²) in [5.74, 6) is -0.0246. The Kier molecular flexibility index (Phi) is 4.60. The van der Waals surface area contributed by atoms with Gasteiger partial charge in [0, 0.05) is 19.6 Å². The zero-order valence-corrected chi connectivity index (χ0v) is 12.5. The van der Waals surface area contributed by atoms with E-state index in [0.717, 1.165) is 18.7 Å². The molecule has 0 radical (unpaired) electrons. The summed E-state index contributed by atoms with van der Waals surface area (Å²) in [5, 5.41) is 3.25. The average Bonchev–Trinajstić information content (AvgIpc) is 2.44. The summed E-state index contributed by atoms with van der Waals surface area (Å²) in [4.78, 5) is 18.5. The van der Waals surface area contributed by atoms with E-state index in [4.69, 9.17) is 4.74 Å². The van der Waals surface area contributed by atoms with Gasteiger partial charge in [0.05, 0.1) is 24.1 Å². The van der Waals surface area contributed by atoms with Crippen molar-refractivity contribution in [1.29, 1.82) is 0 Å². The summed E-state index contributed by atoms with van der Waals surface area (Å²) in [6.07, 6.45) is 2.78. The molecule has 1 aliphatic rings. The number of carbonyl (C=O) groups excluding carboxylic acids is 1. The Balaban J connectivity index is 2.01. The number of anilines is 1. The minimum absolute atomic E-state index is 0.0246. The standard InChI is InChI=1S/C15H23N3O2/c1-4-7-16-12-5-6-13(17-10-12)14(19)18-8-9-20-15(2,3)11-18/h5-6,10,16H,4,7-9,11H2,1-3H3. The Morgan fingerprint density at radius 3 is 2.90 bits per heavy atom. The SMILES string of the molecule is CCCNc1ccc(C(=O)N2CCOC(C)(C)C2)nc1. The summed E-state index contributed by atoms with van der Waals surface area (Å²) in [6, 6.07) is 3.68. The monoisotopic (exact) mass is 277 g/mol. The smallest absolute Gasteiger partial charge is 0.272 e. The van der Waals surface area contributed by atoms with Crippen molar-refractivity contribution in [1.82, 2.24) is 9.88 Å². The second-order valence-electron chi connectivity index (χ2n) is 5.69. The number of nitrogens with one attached hydrogen (secondary N) is 1. The number of rotatable bonds is 4. The quantitative estimate of drug-likeness (QED) is 0.916. The lowest BCUT2D eigenvalue weighted by Crippen LogP contribution is -2.50. The van der Waals surface area contributed by atoms with E-state index in [1.807, 2.05) is 24.8 Å². The zero-order chi connectivity index (χ0) is 14.6. The molecule has 5 heteroatoms. The Bertz CT molecular complexity index is 457. The number of morpholine rings is 1. The number of aromatic nitrogens is 1. The van der Waals surface area contributed by atoms with Crippen LogP contribution in [0.3, 0.4) is 0 Å². The molecule has 0 bridgehead atoms. The van der Waals surface area contributed by atoms with E-state index in [1.165, 1.54) is 0 Å². The van der Waals surface area contributed by atoms with Gasteiger partial charge in [0.25, 0.3) is 5.91 Å². The van der Waals surface area contributed by atoms with Gasteiger partial charge in [-0.3, -0.25) is 4.79 Å². The molecule has 2 heterocycles. The van der Waals surface area contributed by atoms with E-state index in [2.05, 4.69) is 17.2 Å². The van der Waals surface area contributed by atoms with Gasteiger partial charge in [-0.2, -0.15) is 0 Å². The van der Waals surface area contributed by atoms with Crippen LogP contribution in [0.2, 0.25) is 0 Å². The van der Waals surface area contributed by atoms with Crippen molar-refractivity contribution in [2.45, 2.75) is 32.8 Å². The maximum atomic E-state index is 12.4. The van der Waals surface area contributed by atoms with Gasteiger partial charge in [0.2, 0.25) is 0 Å². The van der Waals surface area contributed by atoms with E-state index in [9.17, 15) is 4.79 Å². The van der Waals surface area contributed by atoms with Crippen molar-refractivity contribution in [2.24, 2.45) is 0 Å². The molecule has 0 atom stereocenters. The highest BCUT2D eigenvalue weighted by Gasteiger charge is 2.30. The summed E-state index contributed by atoms with van der Waals surface area (Å²) in [6.45, 7) is 8.82. The van der Waals surface area contributed by atoms with Gasteiger partial charge in [0.1, 0.15) is 5.69 Å². The van der Waals surface area contributed by atoms with E-state index in [-0.39, 0.29) is 11.5 Å². The summed E-state index contributed by atoms with van der Waals surface area (Å²) >= 11 is 0. The van der Waals surface area contributed by atoms with Gasteiger partial charge in [-0.15, -0.1) is 0 Å². The van der Waals surface area contributed by atoms with E-state index >= 15 is 0 Å². The summed E-state index contributed by atoms with van der Waals surface area (Å²) < 4.78 is 5.62. The Morgan fingerprint density at radius 2 is 2.30 bits per heavy atom. The lowest BCUT2D eigenvalue weighted by atomic mass is 10.1. The third-order valence-electron chi connectivity index (χ3n) is 3.27. The highest BCUT2D eigenvalue weighted by atomic mass is 16.5. The number of amides is 1. The topological polar surface area (TPSA) is 54.5 Å². The first kappa shape index (κ1) is 14.8. The molecule has 20 heavy (non-hydrogen) atoms. The molecule has 0 spiro atoms. The molecule has 110 valence electrons. The maximum Gasteiger partial charge on any atom is 0.272 e. The number of carbonyl (C=O) groups is 1. The molecular formula is C15H23N3O2. The van der Waals surface area contributed by atoms with Crippen molar-refractivity contribution in [3.63, 3.8) is 0 Å². The van der Waals surface area contributed by atoms with Crippen LogP contribution in [-0.2, 0) is 4.74 Å². The zero-order valence-electron chi connectivity index (χ0n) is 12.5.